The molecule has 5 heteroatoms. The quantitative estimate of drug-likeness (QED) is 0.754. The van der Waals surface area contributed by atoms with Crippen LogP contribution in [0, 0.1) is 5.92 Å². The van der Waals surface area contributed by atoms with Gasteiger partial charge < -0.3 is 4.74 Å². The van der Waals surface area contributed by atoms with Crippen molar-refractivity contribution in [3.8, 4) is 0 Å². The van der Waals surface area contributed by atoms with E-state index >= 15 is 0 Å². The second-order valence-electron chi connectivity index (χ2n) is 4.71. The summed E-state index contributed by atoms with van der Waals surface area (Å²) in [4.78, 5) is 0. The molecule has 1 saturated carbocycles. The van der Waals surface area contributed by atoms with Gasteiger partial charge in [-0.1, -0.05) is 6.92 Å². The molecule has 2 fully saturated rings. The molecule has 0 N–H and O–H groups in total. The van der Waals surface area contributed by atoms with Gasteiger partial charge >= 0.3 is 0 Å². The topological polar surface area (TPSA) is 46.6 Å². The fourth-order valence-corrected chi connectivity index (χ4v) is 3.33. The standard InChI is InChI=1S/C11H19NO3S/c1-9-5-6-15-8-10(9)7-12(2)16(13,14)11-3-4-11/h7,9,11H,3-6,8H2,1-2H3/b10-7+/t9-/m1/s1. The highest BCUT2D eigenvalue weighted by atomic mass is 32.2. The van der Waals surface area contributed by atoms with Crippen molar-refractivity contribution in [3.05, 3.63) is 11.8 Å². The number of hydrogen-bond donors (Lipinski definition) is 0. The molecule has 1 aliphatic heterocycles. The summed E-state index contributed by atoms with van der Waals surface area (Å²) < 4.78 is 30.6. The van der Waals surface area contributed by atoms with E-state index < -0.39 is 10.0 Å². The van der Waals surface area contributed by atoms with E-state index in [1.54, 1.807) is 13.2 Å². The van der Waals surface area contributed by atoms with Crippen molar-refractivity contribution in [1.29, 1.82) is 0 Å². The third-order valence-corrected chi connectivity index (χ3v) is 5.51. The molecule has 1 aliphatic carbocycles. The Hall–Kier alpha value is -0.550. The number of hydrogen-bond acceptors (Lipinski definition) is 3. The van der Waals surface area contributed by atoms with Gasteiger partial charge in [0.15, 0.2) is 0 Å². The second kappa shape index (κ2) is 4.37. The van der Waals surface area contributed by atoms with E-state index in [1.807, 2.05) is 0 Å². The van der Waals surface area contributed by atoms with Crippen LogP contribution < -0.4 is 0 Å². The Balaban J connectivity index is 2.09. The molecule has 0 spiro atoms. The van der Waals surface area contributed by atoms with E-state index in [4.69, 9.17) is 4.74 Å². The maximum atomic E-state index is 11.9. The van der Waals surface area contributed by atoms with E-state index in [0.717, 1.165) is 31.4 Å². The van der Waals surface area contributed by atoms with Crippen LogP contribution in [0.3, 0.4) is 0 Å². The minimum atomic E-state index is -3.09. The van der Waals surface area contributed by atoms with Gasteiger partial charge in [0, 0.05) is 19.9 Å². The van der Waals surface area contributed by atoms with Crippen LogP contribution in [0.5, 0.6) is 0 Å². The van der Waals surface area contributed by atoms with Crippen LogP contribution in [0.1, 0.15) is 26.2 Å². The van der Waals surface area contributed by atoms with Gasteiger partial charge in [-0.05, 0) is 30.8 Å². The predicted molar refractivity (Wildman–Crippen MR) is 62.4 cm³/mol. The molecule has 0 radical (unpaired) electrons. The van der Waals surface area contributed by atoms with Gasteiger partial charge in [0.05, 0.1) is 11.9 Å². The molecule has 92 valence electrons. The van der Waals surface area contributed by atoms with Crippen LogP contribution in [0.2, 0.25) is 0 Å². The molecule has 4 nitrogen and oxygen atoms in total. The molecule has 0 aromatic rings. The van der Waals surface area contributed by atoms with Crippen molar-refractivity contribution >= 4 is 10.0 Å². The summed E-state index contributed by atoms with van der Waals surface area (Å²) in [6.45, 7) is 3.45. The highest BCUT2D eigenvalue weighted by Gasteiger charge is 2.38. The second-order valence-corrected chi connectivity index (χ2v) is 6.98. The van der Waals surface area contributed by atoms with Crippen molar-refractivity contribution in [2.45, 2.75) is 31.4 Å². The lowest BCUT2D eigenvalue weighted by Gasteiger charge is -2.24. The largest absolute Gasteiger partial charge is 0.377 e. The third-order valence-electron chi connectivity index (χ3n) is 3.29. The molecule has 1 heterocycles. The average molecular weight is 245 g/mol. The molecule has 0 amide bonds. The SMILES string of the molecule is C[C@@H]1CCOC/C1=C\N(C)S(=O)(=O)C1CC1. The minimum Gasteiger partial charge on any atom is -0.377 e. The summed E-state index contributed by atoms with van der Waals surface area (Å²) in [7, 11) is -1.46. The Labute approximate surface area is 97.3 Å². The predicted octanol–water partition coefficient (Wildman–Crippen LogP) is 1.35. The first-order chi connectivity index (χ1) is 7.51. The van der Waals surface area contributed by atoms with Crippen molar-refractivity contribution in [2.75, 3.05) is 20.3 Å². The van der Waals surface area contributed by atoms with Gasteiger partial charge in [0.25, 0.3) is 0 Å². The van der Waals surface area contributed by atoms with Crippen molar-refractivity contribution in [2.24, 2.45) is 5.92 Å². The maximum absolute atomic E-state index is 11.9. The molecule has 16 heavy (non-hydrogen) atoms. The molecular weight excluding hydrogens is 226 g/mol. The number of ether oxygens (including phenoxy) is 1. The van der Waals surface area contributed by atoms with E-state index in [-0.39, 0.29) is 5.25 Å². The van der Waals surface area contributed by atoms with Gasteiger partial charge in [-0.3, -0.25) is 4.31 Å². The highest BCUT2D eigenvalue weighted by Crippen LogP contribution is 2.31. The van der Waals surface area contributed by atoms with Gasteiger partial charge in [-0.2, -0.15) is 0 Å². The van der Waals surface area contributed by atoms with E-state index in [2.05, 4.69) is 6.92 Å². The fraction of sp³-hybridized carbons (Fsp3) is 0.818. The van der Waals surface area contributed by atoms with Gasteiger partial charge in [-0.25, -0.2) is 8.42 Å². The summed E-state index contributed by atoms with van der Waals surface area (Å²) in [5.41, 5.74) is 1.08. The molecular formula is C11H19NO3S. The molecule has 1 atom stereocenters. The summed E-state index contributed by atoms with van der Waals surface area (Å²) >= 11 is 0. The van der Waals surface area contributed by atoms with Crippen LogP contribution in [0.4, 0.5) is 0 Å². The Morgan fingerprint density at radius 3 is 2.62 bits per heavy atom. The minimum absolute atomic E-state index is 0.144. The number of sulfonamides is 1. The number of rotatable bonds is 3. The Kier molecular flexibility index (Phi) is 3.26. The molecule has 0 bridgehead atoms. The van der Waals surface area contributed by atoms with Crippen molar-refractivity contribution in [1.82, 2.24) is 4.31 Å². The zero-order valence-corrected chi connectivity index (χ0v) is 10.7. The lowest BCUT2D eigenvalue weighted by molar-refractivity contribution is 0.110. The molecule has 0 aromatic heterocycles. The monoisotopic (exact) mass is 245 g/mol. The molecule has 1 saturated heterocycles. The summed E-state index contributed by atoms with van der Waals surface area (Å²) in [5.74, 6) is 0.422. The molecule has 2 rings (SSSR count). The summed E-state index contributed by atoms with van der Waals surface area (Å²) in [6.07, 6.45) is 4.34. The zero-order valence-electron chi connectivity index (χ0n) is 9.85. The van der Waals surface area contributed by atoms with Crippen molar-refractivity contribution < 1.29 is 13.2 Å². The lowest BCUT2D eigenvalue weighted by atomic mass is 9.97. The van der Waals surface area contributed by atoms with Gasteiger partial charge in [0.2, 0.25) is 10.0 Å². The molecule has 0 aromatic carbocycles. The lowest BCUT2D eigenvalue weighted by Crippen LogP contribution is -2.28. The smallest absolute Gasteiger partial charge is 0.237 e. The van der Waals surface area contributed by atoms with Crippen LogP contribution in [-0.2, 0) is 14.8 Å². The zero-order chi connectivity index (χ0) is 11.8. The highest BCUT2D eigenvalue weighted by molar-refractivity contribution is 7.90. The first kappa shape index (κ1) is 11.9. The third kappa shape index (κ3) is 2.40. The van der Waals surface area contributed by atoms with Crippen LogP contribution >= 0.6 is 0 Å². The molecule has 0 unspecified atom stereocenters. The van der Waals surface area contributed by atoms with Crippen LogP contribution in [0.15, 0.2) is 11.8 Å². The Morgan fingerprint density at radius 2 is 2.06 bits per heavy atom. The first-order valence-corrected chi connectivity index (χ1v) is 7.27. The first-order valence-electron chi connectivity index (χ1n) is 5.77. The van der Waals surface area contributed by atoms with E-state index in [0.29, 0.717) is 12.5 Å². The van der Waals surface area contributed by atoms with Crippen molar-refractivity contribution in [3.63, 3.8) is 0 Å². The number of nitrogens with zero attached hydrogens (tertiary/aromatic N) is 1. The van der Waals surface area contributed by atoms with E-state index in [9.17, 15) is 8.42 Å². The normalized spacial score (nSPS) is 29.4. The van der Waals surface area contributed by atoms with E-state index in [1.165, 1.54) is 4.31 Å². The Morgan fingerprint density at radius 1 is 1.38 bits per heavy atom. The maximum Gasteiger partial charge on any atom is 0.237 e. The Bertz CT molecular complexity index is 384. The summed E-state index contributed by atoms with van der Waals surface area (Å²) in [6, 6.07) is 0. The van der Waals surface area contributed by atoms with Crippen LogP contribution in [-0.4, -0.2) is 38.2 Å². The summed E-state index contributed by atoms with van der Waals surface area (Å²) in [5, 5.41) is -0.144. The van der Waals surface area contributed by atoms with Crippen LogP contribution in [0.25, 0.3) is 0 Å². The molecule has 2 aliphatic rings. The van der Waals surface area contributed by atoms with Gasteiger partial charge in [0.1, 0.15) is 0 Å². The van der Waals surface area contributed by atoms with Gasteiger partial charge in [-0.15, -0.1) is 0 Å². The average Bonchev–Trinajstić information content (AvgIpc) is 3.04. The fourth-order valence-electron chi connectivity index (χ4n) is 1.85.